The Bertz CT molecular complexity index is 905. The molecule has 1 atom stereocenters. The summed E-state index contributed by atoms with van der Waals surface area (Å²) >= 11 is 5.97. The first kappa shape index (κ1) is 17.9. The number of imide groups is 1. The topological polar surface area (TPSA) is 78.5 Å². The first-order valence-electron chi connectivity index (χ1n) is 7.76. The molecule has 0 bridgehead atoms. The molecule has 2 aromatic carbocycles. The van der Waals surface area contributed by atoms with Crippen LogP contribution in [0.4, 0.5) is 14.9 Å². The molecule has 8 heteroatoms. The molecule has 1 saturated heterocycles. The zero-order chi connectivity index (χ0) is 18.9. The van der Waals surface area contributed by atoms with E-state index in [1.807, 2.05) is 0 Å². The zero-order valence-electron chi connectivity index (χ0n) is 13.8. The Morgan fingerprint density at radius 2 is 1.85 bits per heavy atom. The van der Waals surface area contributed by atoms with Crippen molar-refractivity contribution in [2.45, 2.75) is 12.5 Å². The van der Waals surface area contributed by atoms with Crippen molar-refractivity contribution in [1.82, 2.24) is 10.2 Å². The highest BCUT2D eigenvalue weighted by Gasteiger charge is 2.50. The number of halogens is 2. The van der Waals surface area contributed by atoms with E-state index in [9.17, 15) is 18.8 Å². The third kappa shape index (κ3) is 3.13. The van der Waals surface area contributed by atoms with Crippen LogP contribution in [0.5, 0.6) is 0 Å². The fraction of sp³-hybridized carbons (Fsp3) is 0.167. The van der Waals surface area contributed by atoms with Crippen LogP contribution in [0.3, 0.4) is 0 Å². The van der Waals surface area contributed by atoms with Gasteiger partial charge in [-0.05, 0) is 25.1 Å². The Balaban J connectivity index is 1.78. The molecule has 0 aromatic heterocycles. The molecule has 0 radical (unpaired) electrons. The number of rotatable bonds is 4. The molecule has 3 rings (SSSR count). The van der Waals surface area contributed by atoms with Gasteiger partial charge in [-0.3, -0.25) is 14.5 Å². The maximum absolute atomic E-state index is 14.1. The van der Waals surface area contributed by atoms with Crippen LogP contribution in [-0.2, 0) is 15.1 Å². The predicted octanol–water partition coefficient (Wildman–Crippen LogP) is 2.88. The van der Waals surface area contributed by atoms with E-state index >= 15 is 0 Å². The van der Waals surface area contributed by atoms with Crippen LogP contribution in [0.15, 0.2) is 48.5 Å². The highest BCUT2D eigenvalue weighted by atomic mass is 35.5. The summed E-state index contributed by atoms with van der Waals surface area (Å²) in [5, 5.41) is 5.33. The fourth-order valence-corrected chi connectivity index (χ4v) is 2.97. The van der Waals surface area contributed by atoms with Crippen molar-refractivity contribution in [3.63, 3.8) is 0 Å². The second kappa shape index (κ2) is 6.76. The molecule has 6 nitrogen and oxygen atoms in total. The average Bonchev–Trinajstić information content (AvgIpc) is 2.81. The molecule has 2 aromatic rings. The van der Waals surface area contributed by atoms with Gasteiger partial charge in [0, 0.05) is 5.56 Å². The third-order valence-electron chi connectivity index (χ3n) is 4.14. The largest absolute Gasteiger partial charge is 0.325 e. The van der Waals surface area contributed by atoms with Gasteiger partial charge in [-0.1, -0.05) is 41.9 Å². The highest BCUT2D eigenvalue weighted by molar-refractivity contribution is 6.33. The lowest BCUT2D eigenvalue weighted by Crippen LogP contribution is -2.42. The van der Waals surface area contributed by atoms with Gasteiger partial charge < -0.3 is 10.6 Å². The number of nitrogens with one attached hydrogen (secondary N) is 2. The fourth-order valence-electron chi connectivity index (χ4n) is 2.79. The van der Waals surface area contributed by atoms with Crippen LogP contribution in [-0.4, -0.2) is 29.3 Å². The number of amides is 4. The van der Waals surface area contributed by atoms with Gasteiger partial charge in [0.2, 0.25) is 5.91 Å². The van der Waals surface area contributed by atoms with E-state index in [-0.39, 0.29) is 5.56 Å². The second-order valence-corrected chi connectivity index (χ2v) is 6.36. The lowest BCUT2D eigenvalue weighted by atomic mass is 9.91. The van der Waals surface area contributed by atoms with Gasteiger partial charge in [0.25, 0.3) is 5.91 Å². The van der Waals surface area contributed by atoms with Crippen molar-refractivity contribution in [1.29, 1.82) is 0 Å². The predicted molar refractivity (Wildman–Crippen MR) is 94.1 cm³/mol. The molecule has 26 heavy (non-hydrogen) atoms. The van der Waals surface area contributed by atoms with Crippen molar-refractivity contribution in [3.05, 3.63) is 64.9 Å². The summed E-state index contributed by atoms with van der Waals surface area (Å²) in [6.45, 7) is 0.886. The molecule has 0 saturated carbocycles. The molecule has 0 unspecified atom stereocenters. The van der Waals surface area contributed by atoms with Gasteiger partial charge in [-0.15, -0.1) is 0 Å². The van der Waals surface area contributed by atoms with Gasteiger partial charge in [0.15, 0.2) is 0 Å². The number of carbonyl (C=O) groups excluding carboxylic acids is 3. The van der Waals surface area contributed by atoms with Crippen LogP contribution in [0, 0.1) is 5.82 Å². The van der Waals surface area contributed by atoms with Crippen LogP contribution in [0.25, 0.3) is 0 Å². The SMILES string of the molecule is C[C@]1(c2ccccc2F)NC(=O)N(CC(=O)Nc2ccccc2Cl)C1=O. The molecule has 0 spiro atoms. The van der Waals surface area contributed by atoms with E-state index in [2.05, 4.69) is 10.6 Å². The Labute approximate surface area is 153 Å². The second-order valence-electron chi connectivity index (χ2n) is 5.95. The van der Waals surface area contributed by atoms with Gasteiger partial charge >= 0.3 is 6.03 Å². The van der Waals surface area contributed by atoms with Crippen LogP contribution >= 0.6 is 11.6 Å². The summed E-state index contributed by atoms with van der Waals surface area (Å²) in [6.07, 6.45) is 0. The first-order valence-corrected chi connectivity index (χ1v) is 8.14. The summed E-state index contributed by atoms with van der Waals surface area (Å²) in [6, 6.07) is 11.5. The summed E-state index contributed by atoms with van der Waals surface area (Å²) in [7, 11) is 0. The van der Waals surface area contributed by atoms with Crippen LogP contribution in [0.1, 0.15) is 12.5 Å². The van der Waals surface area contributed by atoms with Crippen LogP contribution in [0.2, 0.25) is 5.02 Å². The zero-order valence-corrected chi connectivity index (χ0v) is 14.5. The minimum atomic E-state index is -1.58. The van der Waals surface area contributed by atoms with E-state index in [4.69, 9.17) is 11.6 Å². The lowest BCUT2D eigenvalue weighted by molar-refractivity contribution is -0.133. The van der Waals surface area contributed by atoms with Crippen molar-refractivity contribution >= 4 is 35.1 Å². The maximum atomic E-state index is 14.1. The van der Waals surface area contributed by atoms with Gasteiger partial charge in [-0.2, -0.15) is 0 Å². The van der Waals surface area contributed by atoms with E-state index in [1.54, 1.807) is 30.3 Å². The van der Waals surface area contributed by atoms with Gasteiger partial charge in [0.1, 0.15) is 17.9 Å². The molecule has 134 valence electrons. The van der Waals surface area contributed by atoms with Gasteiger partial charge in [0.05, 0.1) is 10.7 Å². The molecular formula is C18H15ClFN3O3. The van der Waals surface area contributed by atoms with E-state index in [0.717, 1.165) is 4.90 Å². The number of anilines is 1. The average molecular weight is 376 g/mol. The number of urea groups is 1. The maximum Gasteiger partial charge on any atom is 0.325 e. The Morgan fingerprint density at radius 3 is 2.54 bits per heavy atom. The minimum Gasteiger partial charge on any atom is -0.323 e. The summed E-state index contributed by atoms with van der Waals surface area (Å²) < 4.78 is 14.1. The van der Waals surface area contributed by atoms with E-state index in [1.165, 1.54) is 25.1 Å². The quantitative estimate of drug-likeness (QED) is 0.806. The number of nitrogens with zero attached hydrogens (tertiary/aromatic N) is 1. The number of hydrogen-bond acceptors (Lipinski definition) is 3. The molecule has 1 aliphatic rings. The molecule has 4 amide bonds. The number of para-hydroxylation sites is 1. The number of benzene rings is 2. The third-order valence-corrected chi connectivity index (χ3v) is 4.47. The van der Waals surface area contributed by atoms with Gasteiger partial charge in [-0.25, -0.2) is 9.18 Å². The highest BCUT2D eigenvalue weighted by Crippen LogP contribution is 2.30. The smallest absolute Gasteiger partial charge is 0.323 e. The molecule has 1 aliphatic heterocycles. The first-order chi connectivity index (χ1) is 12.3. The number of carbonyl (C=O) groups is 3. The van der Waals surface area contributed by atoms with E-state index in [0.29, 0.717) is 10.7 Å². The molecule has 2 N–H and O–H groups in total. The molecular weight excluding hydrogens is 361 g/mol. The Kier molecular flexibility index (Phi) is 4.65. The summed E-state index contributed by atoms with van der Waals surface area (Å²) in [5.74, 6) is -1.92. The lowest BCUT2D eigenvalue weighted by Gasteiger charge is -2.22. The Hall–Kier alpha value is -2.93. The minimum absolute atomic E-state index is 0.0346. The van der Waals surface area contributed by atoms with Crippen molar-refractivity contribution in [2.75, 3.05) is 11.9 Å². The van der Waals surface area contributed by atoms with Crippen molar-refractivity contribution < 1.29 is 18.8 Å². The summed E-state index contributed by atoms with van der Waals surface area (Å²) in [4.78, 5) is 37.9. The monoisotopic (exact) mass is 375 g/mol. The van der Waals surface area contributed by atoms with Crippen LogP contribution < -0.4 is 10.6 Å². The molecule has 1 heterocycles. The molecule has 1 fully saturated rings. The van der Waals surface area contributed by atoms with E-state index < -0.39 is 35.7 Å². The molecule has 0 aliphatic carbocycles. The normalized spacial score (nSPS) is 19.4. The summed E-state index contributed by atoms with van der Waals surface area (Å²) in [5.41, 5.74) is -1.18. The Morgan fingerprint density at radius 1 is 1.19 bits per heavy atom. The van der Waals surface area contributed by atoms with Crippen molar-refractivity contribution in [3.8, 4) is 0 Å². The van der Waals surface area contributed by atoms with Crippen molar-refractivity contribution in [2.24, 2.45) is 0 Å². The number of hydrogen-bond donors (Lipinski definition) is 2. The standard InChI is InChI=1S/C18H15ClFN3O3/c1-18(11-6-2-4-8-13(11)20)16(25)23(17(26)22-18)10-15(24)21-14-9-5-3-7-12(14)19/h2-9H,10H2,1H3,(H,21,24)(H,22,26)/t18-/m1/s1.